The molecule has 41 heavy (non-hydrogen) atoms. The topological polar surface area (TPSA) is 193 Å². The highest BCUT2D eigenvalue weighted by Crippen LogP contribution is 2.51. The number of phenolic OH excluding ortho intramolecular Hbond substituents is 1. The van der Waals surface area contributed by atoms with Crippen LogP contribution >= 0.6 is 0 Å². The molecular weight excluding hydrogens is 534 g/mol. The number of aliphatic hydroxyl groups is 1. The molecule has 3 aliphatic rings. The number of benzene rings is 2. The summed E-state index contributed by atoms with van der Waals surface area (Å²) in [6.07, 6.45) is 0.0410. The summed E-state index contributed by atoms with van der Waals surface area (Å²) in [5.41, 5.74) is 6.49. The van der Waals surface area contributed by atoms with Crippen LogP contribution in [0.4, 0.5) is 0 Å². The molecular formula is C29H29N3O9. The number of hydroxylamine groups is 1. The van der Waals surface area contributed by atoms with Crippen molar-refractivity contribution in [3.8, 4) is 16.9 Å². The maximum Gasteiger partial charge on any atom is 0.274 e. The molecule has 12 heteroatoms. The van der Waals surface area contributed by atoms with E-state index in [2.05, 4.69) is 5.48 Å². The summed E-state index contributed by atoms with van der Waals surface area (Å²) >= 11 is 0. The Hall–Kier alpha value is -4.26. The van der Waals surface area contributed by atoms with Crippen LogP contribution in [0.1, 0.15) is 32.7 Å². The predicted octanol–water partition coefficient (Wildman–Crippen LogP) is -0.175. The van der Waals surface area contributed by atoms with Gasteiger partial charge < -0.3 is 15.9 Å². The van der Waals surface area contributed by atoms with Gasteiger partial charge in [-0.15, -0.1) is 0 Å². The van der Waals surface area contributed by atoms with E-state index in [0.717, 1.165) is 0 Å². The molecule has 0 bridgehead atoms. The van der Waals surface area contributed by atoms with E-state index in [1.54, 1.807) is 30.3 Å². The summed E-state index contributed by atoms with van der Waals surface area (Å²) < 4.78 is 0. The fourth-order valence-corrected chi connectivity index (χ4v) is 6.85. The third-order valence-corrected chi connectivity index (χ3v) is 8.58. The fraction of sp³-hybridized carbons (Fsp3) is 0.379. The third kappa shape index (κ3) is 4.09. The standard InChI is InChI=1S/C29H29N3O9/c1-32(2)22-17-11-14-10-16-15(12-5-4-6-13(9-12)28(39)31-41-3)7-8-18(33)20(16)23(34)19(14)25(36)29(17,40)26(37)21(24(22)35)27(30)38/h4-9,14,17,19,21-22,33,40H,10-11H2,1-3H3,(H2,30,38)(H,31,39)/t14-,17-,19?,21?,22-,29-/m0/s1. The van der Waals surface area contributed by atoms with Crippen LogP contribution in [-0.4, -0.2) is 82.9 Å². The molecule has 2 aromatic carbocycles. The number of primary amides is 1. The molecule has 0 heterocycles. The largest absolute Gasteiger partial charge is 0.507 e. The number of hydrogen-bond acceptors (Lipinski definition) is 10. The molecule has 12 nitrogen and oxygen atoms in total. The van der Waals surface area contributed by atoms with Crippen LogP contribution in [0.15, 0.2) is 36.4 Å². The van der Waals surface area contributed by atoms with Crippen molar-refractivity contribution in [3.05, 3.63) is 53.1 Å². The van der Waals surface area contributed by atoms with Crippen molar-refractivity contribution in [1.29, 1.82) is 0 Å². The van der Waals surface area contributed by atoms with E-state index < -0.39 is 70.3 Å². The first-order chi connectivity index (χ1) is 19.3. The number of aromatic hydroxyl groups is 1. The first-order valence-corrected chi connectivity index (χ1v) is 13.0. The van der Waals surface area contributed by atoms with Crippen molar-refractivity contribution < 1.29 is 43.8 Å². The summed E-state index contributed by atoms with van der Waals surface area (Å²) in [5.74, 6) is -11.6. The van der Waals surface area contributed by atoms with E-state index in [1.807, 2.05) is 0 Å². The predicted molar refractivity (Wildman–Crippen MR) is 141 cm³/mol. The smallest absolute Gasteiger partial charge is 0.274 e. The SMILES string of the molecule is CONC(=O)c1cccc(-c2ccc(O)c3c2C[C@H]2C[C@H]4[C@H](N(C)C)C(=O)C(C(N)=O)C(=O)[C@@]4(O)C(=O)C2C3=O)c1. The van der Waals surface area contributed by atoms with Gasteiger partial charge in [-0.3, -0.25) is 38.5 Å². The van der Waals surface area contributed by atoms with Crippen molar-refractivity contribution in [2.75, 3.05) is 21.2 Å². The molecule has 2 fully saturated rings. The minimum absolute atomic E-state index is 0.0602. The molecule has 0 spiro atoms. The second-order valence-corrected chi connectivity index (χ2v) is 11.0. The van der Waals surface area contributed by atoms with Crippen LogP contribution in [0.25, 0.3) is 11.1 Å². The van der Waals surface area contributed by atoms with Gasteiger partial charge in [0.1, 0.15) is 5.75 Å². The highest BCUT2D eigenvalue weighted by Gasteiger charge is 2.69. The molecule has 2 saturated carbocycles. The molecule has 0 aromatic heterocycles. The molecule has 2 aromatic rings. The second-order valence-electron chi connectivity index (χ2n) is 11.0. The van der Waals surface area contributed by atoms with E-state index in [1.165, 1.54) is 32.2 Å². The normalized spacial score (nSPS) is 29.0. The molecule has 0 aliphatic heterocycles. The number of rotatable bonds is 5. The van der Waals surface area contributed by atoms with Gasteiger partial charge in [-0.25, -0.2) is 5.48 Å². The molecule has 2 unspecified atom stereocenters. The molecule has 5 rings (SSSR count). The first kappa shape index (κ1) is 28.3. The molecule has 5 N–H and O–H groups in total. The van der Waals surface area contributed by atoms with Crippen molar-refractivity contribution in [2.24, 2.45) is 29.4 Å². The lowest BCUT2D eigenvalue weighted by Gasteiger charge is -2.52. The summed E-state index contributed by atoms with van der Waals surface area (Å²) in [4.78, 5) is 85.0. The van der Waals surface area contributed by atoms with Gasteiger partial charge in [0.05, 0.1) is 24.6 Å². The van der Waals surface area contributed by atoms with Crippen LogP contribution in [0, 0.1) is 23.7 Å². The molecule has 2 amide bonds. The molecule has 0 radical (unpaired) electrons. The van der Waals surface area contributed by atoms with E-state index in [4.69, 9.17) is 10.6 Å². The zero-order valence-electron chi connectivity index (χ0n) is 22.5. The number of carbonyl (C=O) groups is 6. The Bertz CT molecular complexity index is 1530. The summed E-state index contributed by atoms with van der Waals surface area (Å²) in [6.45, 7) is 0. The number of phenols is 1. The minimum atomic E-state index is -2.78. The Kier molecular flexibility index (Phi) is 6.88. The number of hydrogen-bond donors (Lipinski definition) is 4. The molecule has 3 aliphatic carbocycles. The molecule has 6 atom stereocenters. The van der Waals surface area contributed by atoms with Crippen LogP contribution in [0.3, 0.4) is 0 Å². The van der Waals surface area contributed by atoms with Crippen molar-refractivity contribution in [3.63, 3.8) is 0 Å². The first-order valence-electron chi connectivity index (χ1n) is 13.0. The highest BCUT2D eigenvalue weighted by atomic mass is 16.6. The van der Waals surface area contributed by atoms with Gasteiger partial charge in [-0.1, -0.05) is 18.2 Å². The van der Waals surface area contributed by atoms with Gasteiger partial charge in [0, 0.05) is 11.5 Å². The van der Waals surface area contributed by atoms with Gasteiger partial charge in [0.2, 0.25) is 5.91 Å². The lowest BCUT2D eigenvalue weighted by molar-refractivity contribution is -0.181. The maximum absolute atomic E-state index is 13.9. The maximum atomic E-state index is 13.9. The van der Waals surface area contributed by atoms with Crippen LogP contribution in [0.2, 0.25) is 0 Å². The van der Waals surface area contributed by atoms with Gasteiger partial charge in [0.25, 0.3) is 5.91 Å². The number of nitrogens with two attached hydrogens (primary N) is 1. The van der Waals surface area contributed by atoms with Crippen molar-refractivity contribution >= 4 is 34.9 Å². The Balaban J connectivity index is 1.63. The number of Topliss-reactive ketones (excluding diaryl/α,β-unsaturated/α-hetero) is 4. The number of nitrogens with zero attached hydrogens (tertiary/aromatic N) is 1. The minimum Gasteiger partial charge on any atom is -0.507 e. The van der Waals surface area contributed by atoms with Gasteiger partial charge in [-0.2, -0.15) is 0 Å². The number of fused-ring (bicyclic) bond motifs is 3. The Labute approximate surface area is 234 Å². The lowest BCUT2D eigenvalue weighted by atomic mass is 9.52. The lowest BCUT2D eigenvalue weighted by Crippen LogP contribution is -2.74. The average molecular weight is 564 g/mol. The molecule has 0 saturated heterocycles. The average Bonchev–Trinajstić information content (AvgIpc) is 2.90. The van der Waals surface area contributed by atoms with E-state index in [9.17, 15) is 39.0 Å². The Morgan fingerprint density at radius 1 is 1.10 bits per heavy atom. The summed E-state index contributed by atoms with van der Waals surface area (Å²) in [7, 11) is 4.35. The number of carbonyl (C=O) groups excluding carboxylic acids is 6. The Morgan fingerprint density at radius 3 is 2.44 bits per heavy atom. The quantitative estimate of drug-likeness (QED) is 0.280. The fourth-order valence-electron chi connectivity index (χ4n) is 6.85. The van der Waals surface area contributed by atoms with Crippen molar-refractivity contribution in [1.82, 2.24) is 10.4 Å². The number of nitrogens with one attached hydrogen (secondary N) is 1. The van der Waals surface area contributed by atoms with E-state index in [0.29, 0.717) is 16.7 Å². The van der Waals surface area contributed by atoms with Gasteiger partial charge in [-0.05, 0) is 67.7 Å². The second kappa shape index (κ2) is 9.98. The van der Waals surface area contributed by atoms with E-state index in [-0.39, 0.29) is 29.7 Å². The van der Waals surface area contributed by atoms with Crippen molar-refractivity contribution in [2.45, 2.75) is 24.5 Å². The Morgan fingerprint density at radius 2 is 1.80 bits per heavy atom. The van der Waals surface area contributed by atoms with Gasteiger partial charge >= 0.3 is 0 Å². The zero-order valence-corrected chi connectivity index (χ0v) is 22.5. The zero-order chi connectivity index (χ0) is 30.0. The number of ketones is 4. The van der Waals surface area contributed by atoms with Crippen LogP contribution in [-0.2, 0) is 30.4 Å². The van der Waals surface area contributed by atoms with Crippen LogP contribution in [0.5, 0.6) is 5.75 Å². The monoisotopic (exact) mass is 563 g/mol. The number of likely N-dealkylation sites (N-methyl/N-ethyl adjacent to an activating group) is 1. The summed E-state index contributed by atoms with van der Waals surface area (Å²) in [6, 6.07) is 8.25. The van der Waals surface area contributed by atoms with Crippen LogP contribution < -0.4 is 11.2 Å². The third-order valence-electron chi connectivity index (χ3n) is 8.58. The molecule has 214 valence electrons. The summed E-state index contributed by atoms with van der Waals surface area (Å²) in [5, 5.41) is 22.4. The number of amides is 2. The van der Waals surface area contributed by atoms with Gasteiger partial charge in [0.15, 0.2) is 34.7 Å². The van der Waals surface area contributed by atoms with E-state index >= 15 is 0 Å². The highest BCUT2D eigenvalue weighted by molar-refractivity contribution is 6.32.